The Labute approximate surface area is 80.7 Å². The van der Waals surface area contributed by atoms with Crippen LogP contribution in [0.15, 0.2) is 0 Å². The minimum Gasteiger partial charge on any atom is -0.348 e. The Kier molecular flexibility index (Phi) is 3.31. The summed E-state index contributed by atoms with van der Waals surface area (Å²) in [4.78, 5) is 15.1. The van der Waals surface area contributed by atoms with Gasteiger partial charge in [0, 0.05) is 20.6 Å². The van der Waals surface area contributed by atoms with E-state index in [1.807, 2.05) is 7.05 Å². The molecule has 1 rings (SSSR count). The molecule has 0 saturated heterocycles. The van der Waals surface area contributed by atoms with Gasteiger partial charge in [0.25, 0.3) is 0 Å². The van der Waals surface area contributed by atoms with Crippen molar-refractivity contribution in [3.05, 3.63) is 0 Å². The molecule has 0 unspecified atom stereocenters. The smallest absolute Gasteiger partial charge is 0.236 e. The van der Waals surface area contributed by atoms with Gasteiger partial charge in [0.15, 0.2) is 0 Å². The highest BCUT2D eigenvalue weighted by molar-refractivity contribution is 5.77. The van der Waals surface area contributed by atoms with Gasteiger partial charge in [-0.1, -0.05) is 6.92 Å². The Morgan fingerprint density at radius 1 is 1.38 bits per heavy atom. The molecule has 1 amide bonds. The largest absolute Gasteiger partial charge is 0.348 e. The molecule has 0 radical (unpaired) electrons. The minimum atomic E-state index is 0.191. The average molecular weight is 184 g/mol. The molecule has 3 heteroatoms. The summed E-state index contributed by atoms with van der Waals surface area (Å²) in [6.45, 7) is 3.89. The standard InChI is InChI=1S/C10H20N2O/c1-8-5-9(8)6-12(4)7-10(13)11(2)3/h8-9H,5-7H2,1-4H3/t8-,9-/m0/s1. The summed E-state index contributed by atoms with van der Waals surface area (Å²) >= 11 is 0. The van der Waals surface area contributed by atoms with Crippen molar-refractivity contribution in [2.75, 3.05) is 34.2 Å². The van der Waals surface area contributed by atoms with Gasteiger partial charge in [0.05, 0.1) is 6.54 Å². The van der Waals surface area contributed by atoms with Crippen molar-refractivity contribution >= 4 is 5.91 Å². The van der Waals surface area contributed by atoms with Gasteiger partial charge in [-0.2, -0.15) is 0 Å². The van der Waals surface area contributed by atoms with Gasteiger partial charge >= 0.3 is 0 Å². The zero-order valence-electron chi connectivity index (χ0n) is 9.08. The lowest BCUT2D eigenvalue weighted by Crippen LogP contribution is -2.35. The molecule has 0 heterocycles. The first kappa shape index (κ1) is 10.5. The fraction of sp³-hybridized carbons (Fsp3) is 0.900. The highest BCUT2D eigenvalue weighted by atomic mass is 16.2. The van der Waals surface area contributed by atoms with Crippen LogP contribution in [0.2, 0.25) is 0 Å². The molecule has 0 aromatic rings. The van der Waals surface area contributed by atoms with E-state index in [4.69, 9.17) is 0 Å². The molecular weight excluding hydrogens is 164 g/mol. The summed E-state index contributed by atoms with van der Waals surface area (Å²) in [6, 6.07) is 0. The molecule has 2 atom stereocenters. The second-order valence-electron chi connectivity index (χ2n) is 4.46. The van der Waals surface area contributed by atoms with E-state index in [9.17, 15) is 4.79 Å². The Balaban J connectivity index is 2.17. The molecule has 0 aromatic heterocycles. The van der Waals surface area contributed by atoms with Gasteiger partial charge in [-0.05, 0) is 25.3 Å². The second kappa shape index (κ2) is 4.09. The Morgan fingerprint density at radius 3 is 2.31 bits per heavy atom. The van der Waals surface area contributed by atoms with Crippen molar-refractivity contribution in [1.82, 2.24) is 9.80 Å². The number of carbonyl (C=O) groups is 1. The molecule has 0 bridgehead atoms. The summed E-state index contributed by atoms with van der Waals surface area (Å²) in [5.41, 5.74) is 0. The van der Waals surface area contributed by atoms with Gasteiger partial charge in [-0.25, -0.2) is 0 Å². The summed E-state index contributed by atoms with van der Waals surface area (Å²) in [7, 11) is 5.62. The van der Waals surface area contributed by atoms with Gasteiger partial charge in [0.1, 0.15) is 0 Å². The fourth-order valence-corrected chi connectivity index (χ4v) is 1.49. The van der Waals surface area contributed by atoms with Crippen LogP contribution < -0.4 is 0 Å². The first-order valence-electron chi connectivity index (χ1n) is 4.89. The van der Waals surface area contributed by atoms with Crippen molar-refractivity contribution in [3.8, 4) is 0 Å². The molecular formula is C10H20N2O. The monoisotopic (exact) mass is 184 g/mol. The fourth-order valence-electron chi connectivity index (χ4n) is 1.49. The first-order chi connectivity index (χ1) is 6.00. The van der Waals surface area contributed by atoms with Crippen LogP contribution in [-0.2, 0) is 4.79 Å². The Bertz CT molecular complexity index is 191. The van der Waals surface area contributed by atoms with Crippen LogP contribution in [-0.4, -0.2) is 49.9 Å². The summed E-state index contributed by atoms with van der Waals surface area (Å²) < 4.78 is 0. The molecule has 0 N–H and O–H groups in total. The molecule has 76 valence electrons. The lowest BCUT2D eigenvalue weighted by molar-refractivity contribution is -0.129. The first-order valence-corrected chi connectivity index (χ1v) is 4.89. The maximum Gasteiger partial charge on any atom is 0.236 e. The van der Waals surface area contributed by atoms with E-state index >= 15 is 0 Å². The summed E-state index contributed by atoms with van der Waals surface area (Å²) in [6.07, 6.45) is 1.33. The molecule has 1 fully saturated rings. The Hall–Kier alpha value is -0.570. The zero-order valence-corrected chi connectivity index (χ0v) is 9.08. The highest BCUT2D eigenvalue weighted by Crippen LogP contribution is 2.37. The van der Waals surface area contributed by atoms with Crippen LogP contribution in [0.1, 0.15) is 13.3 Å². The lowest BCUT2D eigenvalue weighted by Gasteiger charge is -2.18. The topological polar surface area (TPSA) is 23.6 Å². The third-order valence-corrected chi connectivity index (χ3v) is 2.73. The summed E-state index contributed by atoms with van der Waals surface area (Å²) in [5, 5.41) is 0. The molecule has 3 nitrogen and oxygen atoms in total. The highest BCUT2D eigenvalue weighted by Gasteiger charge is 2.33. The normalized spacial score (nSPS) is 26.2. The van der Waals surface area contributed by atoms with Crippen molar-refractivity contribution in [2.45, 2.75) is 13.3 Å². The van der Waals surface area contributed by atoms with Crippen molar-refractivity contribution in [2.24, 2.45) is 11.8 Å². The molecule has 0 spiro atoms. The van der Waals surface area contributed by atoms with E-state index in [1.54, 1.807) is 19.0 Å². The van der Waals surface area contributed by atoms with Crippen LogP contribution in [0.3, 0.4) is 0 Å². The molecule has 0 aliphatic heterocycles. The zero-order chi connectivity index (χ0) is 10.0. The van der Waals surface area contributed by atoms with E-state index in [1.165, 1.54) is 6.42 Å². The third kappa shape index (κ3) is 3.35. The average Bonchev–Trinajstić information content (AvgIpc) is 2.65. The maximum atomic E-state index is 11.3. The van der Waals surface area contributed by atoms with Gasteiger partial charge < -0.3 is 4.90 Å². The predicted octanol–water partition coefficient (Wildman–Crippen LogP) is 0.662. The van der Waals surface area contributed by atoms with Crippen molar-refractivity contribution in [3.63, 3.8) is 0 Å². The second-order valence-corrected chi connectivity index (χ2v) is 4.46. The van der Waals surface area contributed by atoms with E-state index in [-0.39, 0.29) is 5.91 Å². The minimum absolute atomic E-state index is 0.191. The SMILES string of the molecule is C[C@H]1C[C@H]1CN(C)CC(=O)N(C)C. The lowest BCUT2D eigenvalue weighted by atomic mass is 10.3. The summed E-state index contributed by atoms with van der Waals surface area (Å²) in [5.74, 6) is 1.90. The molecule has 1 aliphatic rings. The number of hydrogen-bond donors (Lipinski definition) is 0. The van der Waals surface area contributed by atoms with E-state index in [0.29, 0.717) is 6.54 Å². The number of rotatable bonds is 4. The van der Waals surface area contributed by atoms with Crippen LogP contribution in [0, 0.1) is 11.8 Å². The van der Waals surface area contributed by atoms with E-state index < -0.39 is 0 Å². The molecule has 13 heavy (non-hydrogen) atoms. The van der Waals surface area contributed by atoms with Gasteiger partial charge in [-0.3, -0.25) is 9.69 Å². The van der Waals surface area contributed by atoms with Crippen LogP contribution >= 0.6 is 0 Å². The van der Waals surface area contributed by atoms with Gasteiger partial charge in [0.2, 0.25) is 5.91 Å². The van der Waals surface area contributed by atoms with E-state index in [2.05, 4.69) is 11.8 Å². The molecule has 1 saturated carbocycles. The van der Waals surface area contributed by atoms with Gasteiger partial charge in [-0.15, -0.1) is 0 Å². The number of amides is 1. The Morgan fingerprint density at radius 2 is 1.92 bits per heavy atom. The number of hydrogen-bond acceptors (Lipinski definition) is 2. The van der Waals surface area contributed by atoms with Crippen molar-refractivity contribution in [1.29, 1.82) is 0 Å². The van der Waals surface area contributed by atoms with Crippen LogP contribution in [0.5, 0.6) is 0 Å². The predicted molar refractivity (Wildman–Crippen MR) is 53.5 cm³/mol. The van der Waals surface area contributed by atoms with Crippen molar-refractivity contribution < 1.29 is 4.79 Å². The quantitative estimate of drug-likeness (QED) is 0.641. The number of likely N-dealkylation sites (N-methyl/N-ethyl adjacent to an activating group) is 2. The number of carbonyl (C=O) groups excluding carboxylic acids is 1. The van der Waals surface area contributed by atoms with Crippen LogP contribution in [0.4, 0.5) is 0 Å². The molecule has 1 aliphatic carbocycles. The maximum absolute atomic E-state index is 11.3. The third-order valence-electron chi connectivity index (χ3n) is 2.73. The van der Waals surface area contributed by atoms with E-state index in [0.717, 1.165) is 18.4 Å². The van der Waals surface area contributed by atoms with Crippen LogP contribution in [0.25, 0.3) is 0 Å². The molecule has 0 aromatic carbocycles. The number of nitrogens with zero attached hydrogens (tertiary/aromatic N) is 2.